The van der Waals surface area contributed by atoms with Gasteiger partial charge in [0, 0.05) is 21.2 Å². The molecule has 44 heavy (non-hydrogen) atoms. The summed E-state index contributed by atoms with van der Waals surface area (Å²) in [5.41, 5.74) is 0. The number of hydrogen-bond donors (Lipinski definition) is 4. The fourth-order valence-electron chi connectivity index (χ4n) is 4.53. The normalized spacial score (nSPS) is 13.0. The van der Waals surface area contributed by atoms with Gasteiger partial charge in [0.15, 0.2) is 0 Å². The lowest BCUT2D eigenvalue weighted by Crippen LogP contribution is -2.27. The van der Waals surface area contributed by atoms with E-state index in [2.05, 4.69) is 0 Å². The average molecular weight is 719 g/mol. The van der Waals surface area contributed by atoms with Crippen LogP contribution in [0.3, 0.4) is 0 Å². The van der Waals surface area contributed by atoms with Crippen molar-refractivity contribution in [2.45, 2.75) is 19.6 Å². The highest BCUT2D eigenvalue weighted by Gasteiger charge is 2.32. The quantitative estimate of drug-likeness (QED) is 0.130. The van der Waals surface area contributed by atoms with Gasteiger partial charge in [-0.05, 0) is 52.4 Å². The Kier molecular flexibility index (Phi) is 10.1. The van der Waals surface area contributed by atoms with E-state index in [1.54, 1.807) is 0 Å². The van der Waals surface area contributed by atoms with Gasteiger partial charge in [0.2, 0.25) is 0 Å². The largest absolute Gasteiger partial charge is 0.295 e. The second-order valence-electron chi connectivity index (χ2n) is 9.07. The second kappa shape index (κ2) is 13.0. The average Bonchev–Trinajstić information content (AvgIpc) is 2.94. The third kappa shape index (κ3) is 7.77. The van der Waals surface area contributed by atoms with E-state index in [0.29, 0.717) is 0 Å². The minimum atomic E-state index is -4.85. The lowest BCUT2D eigenvalue weighted by atomic mass is 10.4. The van der Waals surface area contributed by atoms with Crippen LogP contribution >= 0.6 is 15.8 Å². The summed E-state index contributed by atoms with van der Waals surface area (Å²) in [7, 11) is -23.6. The highest BCUT2D eigenvalue weighted by atomic mass is 32.2. The zero-order valence-corrected chi connectivity index (χ0v) is 27.3. The van der Waals surface area contributed by atoms with E-state index in [0.717, 1.165) is 24.3 Å². The molecule has 234 valence electrons. The summed E-state index contributed by atoms with van der Waals surface area (Å²) >= 11 is 0. The monoisotopic (exact) mass is 718 g/mol. The molecule has 4 aromatic rings. The Labute approximate surface area is 257 Å². The van der Waals surface area contributed by atoms with Crippen molar-refractivity contribution < 1.29 is 51.9 Å². The van der Waals surface area contributed by atoms with E-state index in [4.69, 9.17) is 0 Å². The van der Waals surface area contributed by atoms with Gasteiger partial charge in [-0.15, -0.1) is 0 Å². The first-order valence-corrected chi connectivity index (χ1v) is 21.0. The van der Waals surface area contributed by atoms with Gasteiger partial charge in [-0.25, -0.2) is 0 Å². The summed E-state index contributed by atoms with van der Waals surface area (Å²) < 4.78 is 139. The van der Waals surface area contributed by atoms with Crippen LogP contribution in [0.5, 0.6) is 0 Å². The molecule has 0 unspecified atom stereocenters. The van der Waals surface area contributed by atoms with Crippen LogP contribution in [0, 0.1) is 0 Å². The predicted octanol–water partition coefficient (Wildman–Crippen LogP) is 2.24. The van der Waals surface area contributed by atoms with Crippen molar-refractivity contribution in [2.24, 2.45) is 0 Å². The molecule has 4 aromatic carbocycles. The summed E-state index contributed by atoms with van der Waals surface area (Å²) in [5.74, 6) is 0. The van der Waals surface area contributed by atoms with E-state index in [1.807, 2.05) is 0 Å². The van der Waals surface area contributed by atoms with E-state index >= 15 is 0 Å². The number of hydrogen-bond acceptors (Lipinski definition) is 8. The maximum absolute atomic E-state index is 12.4. The first-order valence-electron chi connectivity index (χ1n) is 12.2. The molecular weight excluding hydrogens is 694 g/mol. The highest BCUT2D eigenvalue weighted by molar-refractivity contribution is 7.89. The standard InChI is InChI=1S/C26H24O12P2S4/c27-41(28,29)23-13-5-1-9-19(23)39(20-10-2-6-14-24(20)42(30,31)32)17-18-40(21-11-3-7-15-25(21)43(33,34)35)22-12-4-8-16-26(22)44(36,37)38/h1-16H,17-18H2,(H,27,28,29)(H,30,31,32)(H,33,34,35)(H,36,37,38). The molecule has 0 saturated carbocycles. The third-order valence-corrected chi connectivity index (χ3v) is 16.1. The molecule has 0 fully saturated rings. The fourth-order valence-corrected chi connectivity index (χ4v) is 15.1. The van der Waals surface area contributed by atoms with Crippen LogP contribution in [0.15, 0.2) is 117 Å². The van der Waals surface area contributed by atoms with Crippen LogP contribution in [0.25, 0.3) is 0 Å². The fraction of sp³-hybridized carbons (Fsp3) is 0.0769. The molecule has 0 aliphatic heterocycles. The highest BCUT2D eigenvalue weighted by Crippen LogP contribution is 2.45. The van der Waals surface area contributed by atoms with Crippen LogP contribution < -0.4 is 21.2 Å². The van der Waals surface area contributed by atoms with Crippen LogP contribution in [0.4, 0.5) is 0 Å². The van der Waals surface area contributed by atoms with Gasteiger partial charge in [0.1, 0.15) is 19.6 Å². The van der Waals surface area contributed by atoms with Gasteiger partial charge < -0.3 is 0 Å². The Morgan fingerprint density at radius 2 is 0.545 bits per heavy atom. The number of rotatable bonds is 11. The molecule has 0 amide bonds. The van der Waals surface area contributed by atoms with Gasteiger partial charge in [-0.2, -0.15) is 33.7 Å². The molecule has 4 N–H and O–H groups in total. The molecule has 0 atom stereocenters. The third-order valence-electron chi connectivity index (χ3n) is 6.28. The topological polar surface area (TPSA) is 217 Å². The molecule has 4 rings (SSSR count). The van der Waals surface area contributed by atoms with Gasteiger partial charge in [-0.1, -0.05) is 72.8 Å². The minimum Gasteiger partial charge on any atom is -0.282 e. The van der Waals surface area contributed by atoms with E-state index < -0.39 is 75.9 Å². The van der Waals surface area contributed by atoms with Crippen molar-refractivity contribution in [3.05, 3.63) is 97.1 Å². The Balaban J connectivity index is 2.01. The van der Waals surface area contributed by atoms with Gasteiger partial charge in [0.25, 0.3) is 40.5 Å². The maximum atomic E-state index is 12.4. The Hall–Kier alpha value is -2.62. The van der Waals surface area contributed by atoms with Gasteiger partial charge >= 0.3 is 0 Å². The summed E-state index contributed by atoms with van der Waals surface area (Å²) in [5, 5.41) is 0.00807. The molecular formula is C26H24O12P2S4. The van der Waals surface area contributed by atoms with Gasteiger partial charge in [-0.3, -0.25) is 18.2 Å². The molecule has 0 bridgehead atoms. The lowest BCUT2D eigenvalue weighted by Gasteiger charge is -2.27. The first kappa shape index (κ1) is 34.3. The molecule has 12 nitrogen and oxygen atoms in total. The molecule has 0 saturated heterocycles. The van der Waals surface area contributed by atoms with Crippen molar-refractivity contribution in [3.8, 4) is 0 Å². The van der Waals surface area contributed by atoms with Crippen LogP contribution in [-0.2, 0) is 40.5 Å². The first-order chi connectivity index (χ1) is 20.4. The Bertz CT molecular complexity index is 1850. The molecule has 0 spiro atoms. The molecule has 18 heteroatoms. The zero-order valence-electron chi connectivity index (χ0n) is 22.2. The lowest BCUT2D eigenvalue weighted by molar-refractivity contribution is 0.481. The number of benzene rings is 4. The van der Waals surface area contributed by atoms with E-state index in [1.165, 1.54) is 72.8 Å². The molecule has 0 heterocycles. The van der Waals surface area contributed by atoms with Crippen LogP contribution in [0.1, 0.15) is 0 Å². The molecule has 0 aliphatic rings. The zero-order chi connectivity index (χ0) is 32.5. The maximum Gasteiger partial charge on any atom is 0.295 e. The second-order valence-corrected chi connectivity index (χ2v) is 19.2. The predicted molar refractivity (Wildman–Crippen MR) is 167 cm³/mol. The SMILES string of the molecule is O=S(=O)(O)c1ccccc1P(CCP(c1ccccc1S(=O)(=O)O)c1ccccc1S(=O)(=O)O)c1ccccc1S(=O)(=O)O. The van der Waals surface area contributed by atoms with Crippen molar-refractivity contribution in [2.75, 3.05) is 12.3 Å². The summed E-state index contributed by atoms with van der Waals surface area (Å²) in [4.78, 5) is -2.12. The smallest absolute Gasteiger partial charge is 0.282 e. The summed E-state index contributed by atoms with van der Waals surface area (Å²) in [6, 6.07) is 21.1. The van der Waals surface area contributed by atoms with Crippen molar-refractivity contribution in [1.29, 1.82) is 0 Å². The van der Waals surface area contributed by atoms with Crippen LogP contribution in [-0.4, -0.2) is 64.2 Å². The van der Waals surface area contributed by atoms with Crippen molar-refractivity contribution in [1.82, 2.24) is 0 Å². The molecule has 0 aromatic heterocycles. The minimum absolute atomic E-state index is 0.00202. The Morgan fingerprint density at radius 3 is 0.727 bits per heavy atom. The van der Waals surface area contributed by atoms with Gasteiger partial charge in [0.05, 0.1) is 0 Å². The summed E-state index contributed by atoms with van der Waals surface area (Å²) in [6.45, 7) is 0. The van der Waals surface area contributed by atoms with Crippen LogP contribution in [0.2, 0.25) is 0 Å². The van der Waals surface area contributed by atoms with Crippen molar-refractivity contribution in [3.63, 3.8) is 0 Å². The Morgan fingerprint density at radius 1 is 0.364 bits per heavy atom. The van der Waals surface area contributed by atoms with E-state index in [9.17, 15) is 51.9 Å². The molecule has 0 aliphatic carbocycles. The van der Waals surface area contributed by atoms with Crippen molar-refractivity contribution >= 4 is 77.5 Å². The summed E-state index contributed by atoms with van der Waals surface area (Å²) in [6.07, 6.45) is -0.278. The molecule has 0 radical (unpaired) electrons. The van der Waals surface area contributed by atoms with E-state index in [-0.39, 0.29) is 33.5 Å².